The zero-order valence-electron chi connectivity index (χ0n) is 12.7. The topological polar surface area (TPSA) is 157 Å². The largest absolute Gasteiger partial charge is 0.612 e. The van der Waals surface area contributed by atoms with Crippen LogP contribution in [0.1, 0.15) is 10.5 Å². The number of carbonyl (C=O) groups excluding carboxylic acids is 1. The molecule has 0 spiro atoms. The van der Waals surface area contributed by atoms with Crippen molar-refractivity contribution in [1.82, 2.24) is 35.2 Å². The summed E-state index contributed by atoms with van der Waals surface area (Å²) in [7, 11) is 0. The van der Waals surface area contributed by atoms with Gasteiger partial charge in [-0.1, -0.05) is 5.10 Å². The highest BCUT2D eigenvalue weighted by Crippen LogP contribution is 2.16. The lowest BCUT2D eigenvalue weighted by molar-refractivity contribution is 0.102. The Kier molecular flexibility index (Phi) is 3.47. The fourth-order valence-electron chi connectivity index (χ4n) is 2.36. The molecule has 126 valence electrons. The summed E-state index contributed by atoms with van der Waals surface area (Å²) in [5.74, 6) is -0.511. The second-order valence-electron chi connectivity index (χ2n) is 5.12. The van der Waals surface area contributed by atoms with Crippen LogP contribution in [0.15, 0.2) is 34.0 Å². The van der Waals surface area contributed by atoms with Crippen LogP contribution in [0.3, 0.4) is 0 Å². The number of anilines is 1. The predicted octanol–water partition coefficient (Wildman–Crippen LogP) is -0.321. The molecular weight excluding hydrogens is 348 g/mol. The molecule has 12 heteroatoms. The van der Waals surface area contributed by atoms with Crippen molar-refractivity contribution < 1.29 is 9.35 Å². The molecule has 0 aliphatic carbocycles. The van der Waals surface area contributed by atoms with Crippen LogP contribution in [-0.4, -0.2) is 51.9 Å². The summed E-state index contributed by atoms with van der Waals surface area (Å²) < 4.78 is 12.7. The highest BCUT2D eigenvalue weighted by molar-refractivity contribution is 7.90. The van der Waals surface area contributed by atoms with E-state index in [2.05, 4.69) is 36.0 Å². The molecule has 0 aliphatic heterocycles. The van der Waals surface area contributed by atoms with E-state index in [4.69, 9.17) is 0 Å². The third-order valence-corrected chi connectivity index (χ3v) is 4.45. The van der Waals surface area contributed by atoms with Gasteiger partial charge in [0.05, 0.1) is 10.9 Å². The Morgan fingerprint density at radius 1 is 1.36 bits per heavy atom. The van der Waals surface area contributed by atoms with Gasteiger partial charge in [-0.3, -0.25) is 14.9 Å². The van der Waals surface area contributed by atoms with E-state index in [1.165, 1.54) is 12.3 Å². The Morgan fingerprint density at radius 3 is 2.92 bits per heavy atom. The van der Waals surface area contributed by atoms with E-state index in [9.17, 15) is 14.1 Å². The van der Waals surface area contributed by atoms with E-state index in [1.807, 2.05) is 0 Å². The average molecular weight is 358 g/mol. The third-order valence-electron chi connectivity index (χ3n) is 3.53. The smallest absolute Gasteiger partial charge is 0.282 e. The molecule has 0 saturated carbocycles. The minimum atomic E-state index is -1.22. The summed E-state index contributed by atoms with van der Waals surface area (Å²) >= 11 is -1.22. The quantitative estimate of drug-likeness (QED) is 0.423. The number of carbonyl (C=O) groups is 1. The molecule has 0 saturated heterocycles. The van der Waals surface area contributed by atoms with Crippen LogP contribution in [0, 0.1) is 0 Å². The van der Waals surface area contributed by atoms with E-state index in [0.717, 1.165) is 4.52 Å². The number of nitrogens with one attached hydrogen (secondary N) is 3. The van der Waals surface area contributed by atoms with Gasteiger partial charge in [0.25, 0.3) is 11.5 Å². The van der Waals surface area contributed by atoms with Crippen LogP contribution < -0.4 is 10.9 Å². The minimum absolute atomic E-state index is 0.0133. The number of aromatic nitrogens is 7. The maximum absolute atomic E-state index is 12.6. The first-order valence-electron chi connectivity index (χ1n) is 6.97. The Balaban J connectivity index is 1.82. The molecule has 0 radical (unpaired) electrons. The fourth-order valence-corrected chi connectivity index (χ4v) is 2.90. The summed E-state index contributed by atoms with van der Waals surface area (Å²) in [4.78, 5) is 28.3. The zero-order valence-corrected chi connectivity index (χ0v) is 13.5. The van der Waals surface area contributed by atoms with Crippen molar-refractivity contribution in [3.8, 4) is 0 Å². The van der Waals surface area contributed by atoms with Gasteiger partial charge in [-0.05, 0) is 33.7 Å². The second kappa shape index (κ2) is 5.68. The lowest BCUT2D eigenvalue weighted by Crippen LogP contribution is -2.18. The first kappa shape index (κ1) is 15.3. The van der Waals surface area contributed by atoms with E-state index >= 15 is 0 Å². The monoisotopic (exact) mass is 358 g/mol. The highest BCUT2D eigenvalue weighted by Gasteiger charge is 2.16. The van der Waals surface area contributed by atoms with E-state index in [-0.39, 0.29) is 11.6 Å². The Bertz CT molecular complexity index is 1150. The number of benzene rings is 1. The molecule has 4 aromatic rings. The zero-order chi connectivity index (χ0) is 17.6. The van der Waals surface area contributed by atoms with Crippen LogP contribution in [0.2, 0.25) is 0 Å². The third kappa shape index (κ3) is 2.62. The molecule has 11 nitrogen and oxygen atoms in total. The average Bonchev–Trinajstić information content (AvgIpc) is 3.24. The predicted molar refractivity (Wildman–Crippen MR) is 87.8 cm³/mol. The van der Waals surface area contributed by atoms with Gasteiger partial charge in [-0.15, -0.1) is 0 Å². The van der Waals surface area contributed by atoms with Crippen LogP contribution in [0.5, 0.6) is 0 Å². The van der Waals surface area contributed by atoms with Crippen molar-refractivity contribution in [2.75, 3.05) is 11.6 Å². The van der Waals surface area contributed by atoms with Gasteiger partial charge < -0.3 is 9.54 Å². The molecule has 1 atom stereocenters. The lowest BCUT2D eigenvalue weighted by Gasteiger charge is -2.05. The Labute approximate surface area is 141 Å². The molecule has 0 fully saturated rings. The van der Waals surface area contributed by atoms with Crippen molar-refractivity contribution >= 4 is 39.6 Å². The number of amides is 1. The number of fused-ring (bicyclic) bond motifs is 2. The van der Waals surface area contributed by atoms with Gasteiger partial charge in [0.1, 0.15) is 11.9 Å². The summed E-state index contributed by atoms with van der Waals surface area (Å²) in [5, 5.41) is 19.4. The number of hydrogen-bond donors (Lipinski definition) is 3. The van der Waals surface area contributed by atoms with Crippen molar-refractivity contribution in [2.45, 2.75) is 4.90 Å². The van der Waals surface area contributed by atoms with E-state index in [1.54, 1.807) is 18.2 Å². The maximum atomic E-state index is 12.6. The Morgan fingerprint density at radius 2 is 2.20 bits per heavy atom. The summed E-state index contributed by atoms with van der Waals surface area (Å²) in [5.41, 5.74) is 0.498. The van der Waals surface area contributed by atoms with Crippen molar-refractivity contribution in [3.05, 3.63) is 40.3 Å². The number of hydrogen-bond acceptors (Lipinski definition) is 7. The number of rotatable bonds is 3. The molecule has 25 heavy (non-hydrogen) atoms. The number of H-pyrrole nitrogens is 2. The normalized spacial score (nSPS) is 12.6. The molecule has 0 bridgehead atoms. The molecule has 3 heterocycles. The lowest BCUT2D eigenvalue weighted by atomic mass is 10.2. The second-order valence-corrected chi connectivity index (χ2v) is 6.50. The molecule has 0 aliphatic rings. The summed E-state index contributed by atoms with van der Waals surface area (Å²) in [6.07, 6.45) is 1.53. The first-order valence-corrected chi connectivity index (χ1v) is 8.53. The number of aromatic amines is 2. The molecule has 4 rings (SSSR count). The van der Waals surface area contributed by atoms with Gasteiger partial charge in [-0.25, -0.2) is 5.10 Å². The van der Waals surface area contributed by atoms with Gasteiger partial charge in [-0.2, -0.15) is 9.61 Å². The number of nitrogens with zero attached hydrogens (tertiary/aromatic N) is 5. The standard InChI is InChI=1S/C13H10N8O3S/c1-25(24)6-2-3-8-7(4-6)12(23)21-10(14-8)5-9(18-21)11(22)15-13-16-19-20-17-13/h2-5,14H,1H3,(H2,15,16,17,19,20,22). The van der Waals surface area contributed by atoms with Crippen LogP contribution in [-0.2, 0) is 11.2 Å². The fraction of sp³-hybridized carbons (Fsp3) is 0.0769. The Hall–Kier alpha value is -3.25. The summed E-state index contributed by atoms with van der Waals surface area (Å²) in [6, 6.07) is 6.32. The molecule has 1 unspecified atom stereocenters. The van der Waals surface area contributed by atoms with Gasteiger partial charge in [0, 0.05) is 12.1 Å². The van der Waals surface area contributed by atoms with E-state index in [0.29, 0.717) is 21.4 Å². The molecular formula is C13H10N8O3S. The van der Waals surface area contributed by atoms with Gasteiger partial charge >= 0.3 is 0 Å². The van der Waals surface area contributed by atoms with Crippen molar-refractivity contribution in [1.29, 1.82) is 0 Å². The van der Waals surface area contributed by atoms with Gasteiger partial charge in [0.15, 0.2) is 10.6 Å². The summed E-state index contributed by atoms with van der Waals surface area (Å²) in [6.45, 7) is 0. The van der Waals surface area contributed by atoms with Crippen LogP contribution in [0.25, 0.3) is 16.6 Å². The maximum Gasteiger partial charge on any atom is 0.282 e. The van der Waals surface area contributed by atoms with Crippen LogP contribution >= 0.6 is 0 Å². The van der Waals surface area contributed by atoms with Crippen LogP contribution in [0.4, 0.5) is 5.95 Å². The van der Waals surface area contributed by atoms with Crippen molar-refractivity contribution in [3.63, 3.8) is 0 Å². The minimum Gasteiger partial charge on any atom is -0.612 e. The molecule has 3 N–H and O–H groups in total. The highest BCUT2D eigenvalue weighted by atomic mass is 32.2. The van der Waals surface area contributed by atoms with E-state index < -0.39 is 22.6 Å². The number of tetrazole rings is 1. The molecule has 3 aromatic heterocycles. The first-order chi connectivity index (χ1) is 12.0. The van der Waals surface area contributed by atoms with Gasteiger partial charge in [0.2, 0.25) is 5.95 Å². The molecule has 1 amide bonds. The SMILES string of the molecule is C[S+]([O-])c1ccc2[nH]c3cc(C(=O)Nc4nnn[nH]4)nn3c(=O)c2c1. The van der Waals surface area contributed by atoms with Crippen molar-refractivity contribution in [2.24, 2.45) is 0 Å². The molecule has 1 aromatic carbocycles.